The number of carbonyl (C=O) groups is 1. The van der Waals surface area contributed by atoms with E-state index in [9.17, 15) is 9.59 Å². The minimum absolute atomic E-state index is 0.0114. The van der Waals surface area contributed by atoms with Crippen LogP contribution in [-0.2, 0) is 9.53 Å². The summed E-state index contributed by atoms with van der Waals surface area (Å²) < 4.78 is 5.35. The van der Waals surface area contributed by atoms with Crippen LogP contribution in [0.1, 0.15) is 13.3 Å². The average molecular weight is 301 g/mol. The predicted octanol–water partition coefficient (Wildman–Crippen LogP) is 0.155. The molecule has 1 fully saturated rings. The maximum Gasteiger partial charge on any atom is 0.271 e. The van der Waals surface area contributed by atoms with Crippen LogP contribution < -0.4 is 15.8 Å². The van der Waals surface area contributed by atoms with E-state index in [-0.39, 0.29) is 17.5 Å². The van der Waals surface area contributed by atoms with E-state index >= 15 is 0 Å². The molecule has 1 aliphatic heterocycles. The second kappa shape index (κ2) is 6.71. The fourth-order valence-corrected chi connectivity index (χ4v) is 2.23. The van der Waals surface area contributed by atoms with Crippen molar-refractivity contribution in [2.45, 2.75) is 19.4 Å². The fraction of sp³-hybridized carbons (Fsp3) is 0.583. The van der Waals surface area contributed by atoms with Crippen LogP contribution in [0.2, 0.25) is 5.02 Å². The molecule has 0 aromatic carbocycles. The number of morpholine rings is 1. The minimum atomic E-state index is -0.526. The van der Waals surface area contributed by atoms with E-state index in [1.165, 1.54) is 6.33 Å². The number of ether oxygens (including phenoxy) is 1. The SMILES string of the molecule is CCCNC(=O)C1COCCN1c1nc[nH]c(=O)c1Cl. The topological polar surface area (TPSA) is 87.3 Å². The molecule has 1 aromatic rings. The monoisotopic (exact) mass is 300 g/mol. The molecular weight excluding hydrogens is 284 g/mol. The Kier molecular flexibility index (Phi) is 4.97. The van der Waals surface area contributed by atoms with Crippen molar-refractivity contribution >= 4 is 23.3 Å². The second-order valence-corrected chi connectivity index (χ2v) is 4.82. The summed E-state index contributed by atoms with van der Waals surface area (Å²) >= 11 is 5.98. The van der Waals surface area contributed by atoms with E-state index in [0.29, 0.717) is 25.5 Å². The lowest BCUT2D eigenvalue weighted by Crippen LogP contribution is -2.54. The summed E-state index contributed by atoms with van der Waals surface area (Å²) in [6, 6.07) is -0.526. The van der Waals surface area contributed by atoms with Crippen molar-refractivity contribution in [3.8, 4) is 0 Å². The van der Waals surface area contributed by atoms with Gasteiger partial charge in [0.15, 0.2) is 5.82 Å². The number of anilines is 1. The van der Waals surface area contributed by atoms with Crippen molar-refractivity contribution in [3.05, 3.63) is 21.7 Å². The first-order valence-corrected chi connectivity index (χ1v) is 6.88. The summed E-state index contributed by atoms with van der Waals surface area (Å²) in [5.41, 5.74) is -0.420. The third kappa shape index (κ3) is 3.10. The molecule has 110 valence electrons. The molecule has 0 saturated carbocycles. The van der Waals surface area contributed by atoms with E-state index in [4.69, 9.17) is 16.3 Å². The van der Waals surface area contributed by atoms with Gasteiger partial charge in [0.25, 0.3) is 5.56 Å². The van der Waals surface area contributed by atoms with Crippen LogP contribution in [-0.4, -0.2) is 48.2 Å². The number of nitrogens with zero attached hydrogens (tertiary/aromatic N) is 2. The Morgan fingerprint density at radius 3 is 3.25 bits per heavy atom. The largest absolute Gasteiger partial charge is 0.377 e. The lowest BCUT2D eigenvalue weighted by atomic mass is 10.2. The van der Waals surface area contributed by atoms with Crippen LogP contribution in [0, 0.1) is 0 Å². The number of carbonyl (C=O) groups excluding carboxylic acids is 1. The Hall–Kier alpha value is -1.60. The molecule has 1 aliphatic rings. The smallest absolute Gasteiger partial charge is 0.271 e. The van der Waals surface area contributed by atoms with Gasteiger partial charge in [-0.2, -0.15) is 0 Å². The first-order chi connectivity index (χ1) is 9.65. The normalized spacial score (nSPS) is 18.9. The van der Waals surface area contributed by atoms with E-state index in [1.807, 2.05) is 6.92 Å². The number of H-pyrrole nitrogens is 1. The number of hydrogen-bond acceptors (Lipinski definition) is 5. The van der Waals surface area contributed by atoms with Gasteiger partial charge in [0.05, 0.1) is 19.5 Å². The molecule has 1 amide bonds. The molecule has 0 bridgehead atoms. The first kappa shape index (κ1) is 14.8. The van der Waals surface area contributed by atoms with Gasteiger partial charge in [0, 0.05) is 13.1 Å². The van der Waals surface area contributed by atoms with Crippen LogP contribution in [0.15, 0.2) is 11.1 Å². The van der Waals surface area contributed by atoms with Gasteiger partial charge in [0.2, 0.25) is 5.91 Å². The molecular formula is C12H17ClN4O3. The van der Waals surface area contributed by atoms with Crippen molar-refractivity contribution in [2.75, 3.05) is 31.2 Å². The third-order valence-electron chi connectivity index (χ3n) is 3.03. The first-order valence-electron chi connectivity index (χ1n) is 6.50. The van der Waals surface area contributed by atoms with Crippen LogP contribution in [0.5, 0.6) is 0 Å². The number of aromatic nitrogens is 2. The maximum atomic E-state index is 12.1. The van der Waals surface area contributed by atoms with E-state index in [1.54, 1.807) is 4.90 Å². The zero-order valence-electron chi connectivity index (χ0n) is 11.2. The van der Waals surface area contributed by atoms with Crippen molar-refractivity contribution in [1.29, 1.82) is 0 Å². The number of hydrogen-bond donors (Lipinski definition) is 2. The number of halogens is 1. The molecule has 20 heavy (non-hydrogen) atoms. The zero-order chi connectivity index (χ0) is 14.5. The fourth-order valence-electron chi connectivity index (χ4n) is 2.01. The summed E-state index contributed by atoms with van der Waals surface area (Å²) in [4.78, 5) is 31.9. The van der Waals surface area contributed by atoms with Crippen LogP contribution in [0.4, 0.5) is 5.82 Å². The maximum absolute atomic E-state index is 12.1. The van der Waals surface area contributed by atoms with Crippen LogP contribution >= 0.6 is 11.6 Å². The van der Waals surface area contributed by atoms with Gasteiger partial charge in [-0.25, -0.2) is 4.98 Å². The molecule has 0 aliphatic carbocycles. The van der Waals surface area contributed by atoms with Crippen molar-refractivity contribution < 1.29 is 9.53 Å². The number of aromatic amines is 1. The van der Waals surface area contributed by atoms with Gasteiger partial charge in [-0.15, -0.1) is 0 Å². The quantitative estimate of drug-likeness (QED) is 0.827. The highest BCUT2D eigenvalue weighted by Crippen LogP contribution is 2.22. The number of rotatable bonds is 4. The standard InChI is InChI=1S/C12H17ClN4O3/c1-2-3-14-11(18)8-6-20-5-4-17(8)10-9(13)12(19)16-7-15-10/h7-8H,2-6H2,1H3,(H,14,18)(H,15,16,19). The molecule has 2 N–H and O–H groups in total. The van der Waals surface area contributed by atoms with Gasteiger partial charge in [-0.3, -0.25) is 9.59 Å². The third-order valence-corrected chi connectivity index (χ3v) is 3.37. The summed E-state index contributed by atoms with van der Waals surface area (Å²) in [5, 5.41) is 2.81. The predicted molar refractivity (Wildman–Crippen MR) is 75.1 cm³/mol. The highest BCUT2D eigenvalue weighted by atomic mass is 35.5. The summed E-state index contributed by atoms with van der Waals surface area (Å²) in [6.07, 6.45) is 2.13. The minimum Gasteiger partial charge on any atom is -0.377 e. The molecule has 1 unspecified atom stereocenters. The summed E-state index contributed by atoms with van der Waals surface area (Å²) in [5.74, 6) is 0.167. The Labute approximate surface area is 121 Å². The van der Waals surface area contributed by atoms with E-state index in [0.717, 1.165) is 6.42 Å². The molecule has 2 heterocycles. The molecule has 1 saturated heterocycles. The lowest BCUT2D eigenvalue weighted by molar-refractivity contribution is -0.124. The van der Waals surface area contributed by atoms with Crippen LogP contribution in [0.25, 0.3) is 0 Å². The lowest BCUT2D eigenvalue weighted by Gasteiger charge is -2.35. The summed E-state index contributed by atoms with van der Waals surface area (Å²) in [6.45, 7) is 3.74. The van der Waals surface area contributed by atoms with Gasteiger partial charge in [0.1, 0.15) is 11.1 Å². The summed E-state index contributed by atoms with van der Waals surface area (Å²) in [7, 11) is 0. The van der Waals surface area contributed by atoms with Crippen molar-refractivity contribution in [1.82, 2.24) is 15.3 Å². The second-order valence-electron chi connectivity index (χ2n) is 4.44. The molecule has 2 rings (SSSR count). The molecule has 0 spiro atoms. The highest BCUT2D eigenvalue weighted by molar-refractivity contribution is 6.32. The Bertz CT molecular complexity index is 534. The number of amides is 1. The Balaban J connectivity index is 2.24. The Morgan fingerprint density at radius 1 is 1.70 bits per heavy atom. The van der Waals surface area contributed by atoms with E-state index < -0.39 is 11.6 Å². The number of nitrogens with one attached hydrogen (secondary N) is 2. The van der Waals surface area contributed by atoms with Gasteiger partial charge in [-0.1, -0.05) is 18.5 Å². The van der Waals surface area contributed by atoms with Crippen LogP contribution in [0.3, 0.4) is 0 Å². The van der Waals surface area contributed by atoms with Gasteiger partial charge < -0.3 is 19.9 Å². The molecule has 1 aromatic heterocycles. The Morgan fingerprint density at radius 2 is 2.50 bits per heavy atom. The molecule has 8 heteroatoms. The van der Waals surface area contributed by atoms with Gasteiger partial charge in [-0.05, 0) is 6.42 Å². The van der Waals surface area contributed by atoms with Gasteiger partial charge >= 0.3 is 0 Å². The van der Waals surface area contributed by atoms with E-state index in [2.05, 4.69) is 15.3 Å². The molecule has 7 nitrogen and oxygen atoms in total. The molecule has 1 atom stereocenters. The average Bonchev–Trinajstić information content (AvgIpc) is 2.47. The van der Waals surface area contributed by atoms with Crippen molar-refractivity contribution in [3.63, 3.8) is 0 Å². The zero-order valence-corrected chi connectivity index (χ0v) is 11.9. The molecule has 0 radical (unpaired) electrons. The highest BCUT2D eigenvalue weighted by Gasteiger charge is 2.31. The van der Waals surface area contributed by atoms with Crippen molar-refractivity contribution in [2.24, 2.45) is 0 Å².